The fourth-order valence-electron chi connectivity index (χ4n) is 2.20. The zero-order valence-electron chi connectivity index (χ0n) is 8.71. The Balaban J connectivity index is 2.31. The van der Waals surface area contributed by atoms with Crippen LogP contribution in [-0.2, 0) is 0 Å². The van der Waals surface area contributed by atoms with Crippen molar-refractivity contribution in [2.75, 3.05) is 0 Å². The van der Waals surface area contributed by atoms with Gasteiger partial charge in [0.2, 0.25) is 0 Å². The largest absolute Gasteiger partial charge is 0.310 e. The Morgan fingerprint density at radius 2 is 2.31 bits per heavy atom. The molecule has 1 N–H and O–H groups in total. The second kappa shape index (κ2) is 5.24. The van der Waals surface area contributed by atoms with E-state index < -0.39 is 0 Å². The van der Waals surface area contributed by atoms with Crippen LogP contribution in [0.3, 0.4) is 0 Å². The lowest BCUT2D eigenvalue weighted by Gasteiger charge is -2.20. The number of hydrogen-bond donors (Lipinski definition) is 1. The van der Waals surface area contributed by atoms with Crippen molar-refractivity contribution in [1.82, 2.24) is 5.32 Å². The van der Waals surface area contributed by atoms with Crippen molar-refractivity contribution in [3.05, 3.63) is 0 Å². The molecule has 13 heavy (non-hydrogen) atoms. The second-order valence-corrected chi connectivity index (χ2v) is 4.13. The van der Waals surface area contributed by atoms with E-state index in [4.69, 9.17) is 5.26 Å². The molecule has 1 aliphatic carbocycles. The zero-order chi connectivity index (χ0) is 9.68. The van der Waals surface area contributed by atoms with Crippen molar-refractivity contribution < 1.29 is 0 Å². The minimum absolute atomic E-state index is 0.263. The van der Waals surface area contributed by atoms with Gasteiger partial charge in [0.25, 0.3) is 0 Å². The SMILES string of the molecule is CCCC(C)NC1CCCC1C#N. The third kappa shape index (κ3) is 3.00. The molecule has 3 atom stereocenters. The van der Waals surface area contributed by atoms with Gasteiger partial charge >= 0.3 is 0 Å². The van der Waals surface area contributed by atoms with Gasteiger partial charge in [0.15, 0.2) is 0 Å². The number of hydrogen-bond acceptors (Lipinski definition) is 2. The fraction of sp³-hybridized carbons (Fsp3) is 0.909. The van der Waals surface area contributed by atoms with Crippen LogP contribution in [-0.4, -0.2) is 12.1 Å². The highest BCUT2D eigenvalue weighted by atomic mass is 15.0. The van der Waals surface area contributed by atoms with Gasteiger partial charge in [0.05, 0.1) is 12.0 Å². The number of nitrogens with zero attached hydrogens (tertiary/aromatic N) is 1. The van der Waals surface area contributed by atoms with Crippen molar-refractivity contribution in [3.8, 4) is 6.07 Å². The average molecular weight is 180 g/mol. The number of rotatable bonds is 4. The number of nitriles is 1. The summed E-state index contributed by atoms with van der Waals surface area (Å²) in [6.45, 7) is 4.42. The average Bonchev–Trinajstić information content (AvgIpc) is 2.52. The predicted octanol–water partition coefficient (Wildman–Crippen LogP) is 2.46. The van der Waals surface area contributed by atoms with Crippen molar-refractivity contribution in [2.45, 2.75) is 58.0 Å². The molecular weight excluding hydrogens is 160 g/mol. The molecule has 0 bridgehead atoms. The molecule has 1 fully saturated rings. The van der Waals surface area contributed by atoms with E-state index in [2.05, 4.69) is 25.2 Å². The molecule has 0 aromatic heterocycles. The molecule has 2 heteroatoms. The van der Waals surface area contributed by atoms with Crippen LogP contribution in [0.1, 0.15) is 46.0 Å². The first-order valence-electron chi connectivity index (χ1n) is 5.43. The van der Waals surface area contributed by atoms with E-state index in [1.54, 1.807) is 0 Å². The van der Waals surface area contributed by atoms with E-state index in [9.17, 15) is 0 Å². The Morgan fingerprint density at radius 1 is 1.54 bits per heavy atom. The van der Waals surface area contributed by atoms with Gasteiger partial charge in [0.1, 0.15) is 0 Å². The lowest BCUT2D eigenvalue weighted by molar-refractivity contribution is 0.394. The molecule has 0 radical (unpaired) electrons. The predicted molar refractivity (Wildman–Crippen MR) is 54.2 cm³/mol. The zero-order valence-corrected chi connectivity index (χ0v) is 8.71. The van der Waals surface area contributed by atoms with E-state index in [1.807, 2.05) is 0 Å². The summed E-state index contributed by atoms with van der Waals surface area (Å²) in [4.78, 5) is 0. The van der Waals surface area contributed by atoms with Crippen molar-refractivity contribution in [1.29, 1.82) is 5.26 Å². The van der Waals surface area contributed by atoms with Gasteiger partial charge < -0.3 is 5.32 Å². The lowest BCUT2D eigenvalue weighted by Crippen LogP contribution is -2.38. The maximum absolute atomic E-state index is 8.89. The first-order valence-corrected chi connectivity index (χ1v) is 5.43. The molecule has 0 spiro atoms. The summed E-state index contributed by atoms with van der Waals surface area (Å²) in [5, 5.41) is 12.4. The minimum Gasteiger partial charge on any atom is -0.310 e. The normalized spacial score (nSPS) is 29.9. The topological polar surface area (TPSA) is 35.8 Å². The van der Waals surface area contributed by atoms with Gasteiger partial charge in [-0.3, -0.25) is 0 Å². The summed E-state index contributed by atoms with van der Waals surface area (Å²) in [5.41, 5.74) is 0. The number of nitrogens with one attached hydrogen (secondary N) is 1. The summed E-state index contributed by atoms with van der Waals surface area (Å²) in [6, 6.07) is 3.44. The third-order valence-corrected chi connectivity index (χ3v) is 2.90. The first-order chi connectivity index (χ1) is 6.27. The Hall–Kier alpha value is -0.550. The quantitative estimate of drug-likeness (QED) is 0.721. The van der Waals surface area contributed by atoms with Crippen LogP contribution in [0.25, 0.3) is 0 Å². The van der Waals surface area contributed by atoms with E-state index >= 15 is 0 Å². The summed E-state index contributed by atoms with van der Waals surface area (Å²) in [5.74, 6) is 0.263. The van der Waals surface area contributed by atoms with Crippen LogP contribution in [0.4, 0.5) is 0 Å². The van der Waals surface area contributed by atoms with Gasteiger partial charge in [0, 0.05) is 12.1 Å². The van der Waals surface area contributed by atoms with E-state index in [0.717, 1.165) is 6.42 Å². The summed E-state index contributed by atoms with van der Waals surface area (Å²) >= 11 is 0. The van der Waals surface area contributed by atoms with Crippen LogP contribution in [0.15, 0.2) is 0 Å². The van der Waals surface area contributed by atoms with E-state index in [1.165, 1.54) is 25.7 Å². The van der Waals surface area contributed by atoms with E-state index in [0.29, 0.717) is 12.1 Å². The summed E-state index contributed by atoms with van der Waals surface area (Å²) < 4.78 is 0. The Labute approximate surface area is 81.3 Å². The van der Waals surface area contributed by atoms with Crippen LogP contribution in [0.2, 0.25) is 0 Å². The van der Waals surface area contributed by atoms with E-state index in [-0.39, 0.29) is 5.92 Å². The molecule has 0 aromatic rings. The molecule has 2 nitrogen and oxygen atoms in total. The van der Waals surface area contributed by atoms with Gasteiger partial charge in [-0.25, -0.2) is 0 Å². The van der Waals surface area contributed by atoms with Crippen molar-refractivity contribution in [2.24, 2.45) is 5.92 Å². The first kappa shape index (κ1) is 10.5. The van der Waals surface area contributed by atoms with Crippen molar-refractivity contribution in [3.63, 3.8) is 0 Å². The smallest absolute Gasteiger partial charge is 0.0672 e. The van der Waals surface area contributed by atoms with Crippen LogP contribution < -0.4 is 5.32 Å². The molecule has 3 unspecified atom stereocenters. The molecule has 1 rings (SSSR count). The van der Waals surface area contributed by atoms with Gasteiger partial charge in [-0.05, 0) is 26.2 Å². The van der Waals surface area contributed by atoms with Crippen LogP contribution in [0.5, 0.6) is 0 Å². The summed E-state index contributed by atoms with van der Waals surface area (Å²) in [6.07, 6.45) is 5.93. The Morgan fingerprint density at radius 3 is 2.92 bits per heavy atom. The minimum atomic E-state index is 0.263. The highest BCUT2D eigenvalue weighted by Gasteiger charge is 2.27. The highest BCUT2D eigenvalue weighted by Crippen LogP contribution is 2.25. The Bertz CT molecular complexity index is 183. The van der Waals surface area contributed by atoms with Crippen molar-refractivity contribution >= 4 is 0 Å². The maximum atomic E-state index is 8.89. The monoisotopic (exact) mass is 180 g/mol. The molecule has 0 aromatic carbocycles. The van der Waals surface area contributed by atoms with Crippen LogP contribution in [0, 0.1) is 17.2 Å². The molecule has 0 aliphatic heterocycles. The molecule has 74 valence electrons. The lowest BCUT2D eigenvalue weighted by atomic mass is 10.0. The molecule has 1 aliphatic rings. The maximum Gasteiger partial charge on any atom is 0.0672 e. The summed E-state index contributed by atoms with van der Waals surface area (Å²) in [7, 11) is 0. The Kier molecular flexibility index (Phi) is 4.24. The molecule has 0 saturated heterocycles. The molecular formula is C11H20N2. The highest BCUT2D eigenvalue weighted by molar-refractivity contribution is 4.97. The van der Waals surface area contributed by atoms with Gasteiger partial charge in [-0.2, -0.15) is 5.26 Å². The van der Waals surface area contributed by atoms with Gasteiger partial charge in [-0.15, -0.1) is 0 Å². The standard InChI is InChI=1S/C11H20N2/c1-3-5-9(2)13-11-7-4-6-10(11)8-12/h9-11,13H,3-7H2,1-2H3. The fourth-order valence-corrected chi connectivity index (χ4v) is 2.20. The molecule has 0 heterocycles. The third-order valence-electron chi connectivity index (χ3n) is 2.90. The van der Waals surface area contributed by atoms with Gasteiger partial charge in [-0.1, -0.05) is 19.8 Å². The molecule has 1 saturated carbocycles. The van der Waals surface area contributed by atoms with Crippen LogP contribution >= 0.6 is 0 Å². The second-order valence-electron chi connectivity index (χ2n) is 4.13. The molecule has 0 amide bonds.